The van der Waals surface area contributed by atoms with Crippen LogP contribution in [-0.2, 0) is 11.3 Å². The first-order chi connectivity index (χ1) is 11.0. The number of carbonyl (C=O) groups excluding carboxylic acids is 1. The molecule has 0 aliphatic heterocycles. The Labute approximate surface area is 139 Å². The molecule has 1 amide bonds. The predicted molar refractivity (Wildman–Crippen MR) is 92.8 cm³/mol. The number of amides is 1. The van der Waals surface area contributed by atoms with Gasteiger partial charge in [0.15, 0.2) is 5.16 Å². The lowest BCUT2D eigenvalue weighted by molar-refractivity contribution is -0.127. The van der Waals surface area contributed by atoms with Gasteiger partial charge in [-0.2, -0.15) is 0 Å². The number of H-pyrrole nitrogens is 1. The maximum Gasteiger partial charge on any atom is 0.251 e. The molecule has 0 bridgehead atoms. The van der Waals surface area contributed by atoms with Crippen molar-refractivity contribution < 1.29 is 4.79 Å². The normalized spacial score (nSPS) is 10.4. The third kappa shape index (κ3) is 5.14. The first kappa shape index (κ1) is 17.1. The Kier molecular flexibility index (Phi) is 5.81. The second kappa shape index (κ2) is 7.82. The van der Waals surface area contributed by atoms with Gasteiger partial charge in [-0.25, -0.2) is 4.98 Å². The molecular formula is C16H20N4O2S. The van der Waals surface area contributed by atoms with Crippen LogP contribution in [0, 0.1) is 0 Å². The molecule has 0 aliphatic rings. The third-order valence-electron chi connectivity index (χ3n) is 3.28. The van der Waals surface area contributed by atoms with Crippen LogP contribution in [0.15, 0.2) is 46.5 Å². The summed E-state index contributed by atoms with van der Waals surface area (Å²) in [4.78, 5) is 33.6. The minimum Gasteiger partial charge on any atom is -0.378 e. The van der Waals surface area contributed by atoms with E-state index in [-0.39, 0.29) is 17.2 Å². The molecule has 6 nitrogen and oxygen atoms in total. The highest BCUT2D eigenvalue weighted by Gasteiger charge is 2.11. The predicted octanol–water partition coefficient (Wildman–Crippen LogP) is 1.59. The number of aromatic nitrogens is 2. The van der Waals surface area contributed by atoms with E-state index >= 15 is 0 Å². The number of nitrogens with zero attached hydrogens (tertiary/aromatic N) is 3. The highest BCUT2D eigenvalue weighted by Crippen LogP contribution is 2.15. The van der Waals surface area contributed by atoms with Crippen LogP contribution in [-0.4, -0.2) is 47.7 Å². The van der Waals surface area contributed by atoms with Crippen LogP contribution < -0.4 is 10.5 Å². The lowest BCUT2D eigenvalue weighted by Gasteiger charge is -2.18. The van der Waals surface area contributed by atoms with Gasteiger partial charge in [-0.05, 0) is 17.7 Å². The zero-order valence-corrected chi connectivity index (χ0v) is 14.3. The summed E-state index contributed by atoms with van der Waals surface area (Å²) < 4.78 is 0. The standard InChI is InChI=1S/C16H20N4O2S/c1-19(2)13-6-4-12(5-7-13)10-20(3)15(22)11-23-16-17-9-8-14(21)18-16/h4-9H,10-11H2,1-3H3,(H,17,18,21). The summed E-state index contributed by atoms with van der Waals surface area (Å²) in [5.74, 6) is 0.220. The molecule has 1 heterocycles. The number of hydrogen-bond donors (Lipinski definition) is 1. The Morgan fingerprint density at radius 1 is 1.17 bits per heavy atom. The number of carbonyl (C=O) groups is 1. The number of anilines is 1. The van der Waals surface area contributed by atoms with Crippen molar-refractivity contribution in [2.24, 2.45) is 0 Å². The van der Waals surface area contributed by atoms with E-state index in [1.807, 2.05) is 43.3 Å². The van der Waals surface area contributed by atoms with Crippen molar-refractivity contribution in [2.45, 2.75) is 11.7 Å². The van der Waals surface area contributed by atoms with Gasteiger partial charge in [-0.15, -0.1) is 0 Å². The fraction of sp³-hybridized carbons (Fsp3) is 0.312. The highest BCUT2D eigenvalue weighted by molar-refractivity contribution is 7.99. The monoisotopic (exact) mass is 332 g/mol. The smallest absolute Gasteiger partial charge is 0.251 e. The minimum atomic E-state index is -0.218. The Morgan fingerprint density at radius 3 is 2.48 bits per heavy atom. The van der Waals surface area contributed by atoms with Gasteiger partial charge >= 0.3 is 0 Å². The maximum atomic E-state index is 12.2. The molecule has 0 fully saturated rings. The first-order valence-corrected chi connectivity index (χ1v) is 8.12. The van der Waals surface area contributed by atoms with Crippen molar-refractivity contribution >= 4 is 23.4 Å². The topological polar surface area (TPSA) is 69.3 Å². The molecule has 0 unspecified atom stereocenters. The quantitative estimate of drug-likeness (QED) is 0.642. The van der Waals surface area contributed by atoms with Gasteiger partial charge in [-0.3, -0.25) is 9.59 Å². The lowest BCUT2D eigenvalue weighted by atomic mass is 10.2. The van der Waals surface area contributed by atoms with Crippen molar-refractivity contribution in [1.82, 2.24) is 14.9 Å². The molecule has 0 saturated carbocycles. The number of hydrogen-bond acceptors (Lipinski definition) is 5. The number of thioether (sulfide) groups is 1. The zero-order chi connectivity index (χ0) is 16.8. The fourth-order valence-corrected chi connectivity index (χ4v) is 2.72. The van der Waals surface area contributed by atoms with E-state index in [9.17, 15) is 9.59 Å². The van der Waals surface area contributed by atoms with E-state index in [1.54, 1.807) is 11.9 Å². The van der Waals surface area contributed by atoms with Crippen molar-refractivity contribution in [2.75, 3.05) is 31.8 Å². The van der Waals surface area contributed by atoms with E-state index in [2.05, 4.69) is 9.97 Å². The second-order valence-corrected chi connectivity index (χ2v) is 6.30. The zero-order valence-electron chi connectivity index (χ0n) is 13.4. The molecule has 122 valence electrons. The fourth-order valence-electron chi connectivity index (χ4n) is 1.93. The summed E-state index contributed by atoms with van der Waals surface area (Å²) in [6, 6.07) is 9.43. The number of nitrogens with one attached hydrogen (secondary N) is 1. The highest BCUT2D eigenvalue weighted by atomic mass is 32.2. The van der Waals surface area contributed by atoms with Crippen LogP contribution in [0.5, 0.6) is 0 Å². The molecule has 1 N–H and O–H groups in total. The summed E-state index contributed by atoms with van der Waals surface area (Å²) in [6.07, 6.45) is 1.43. The summed E-state index contributed by atoms with van der Waals surface area (Å²) in [5.41, 5.74) is 1.98. The molecule has 0 aliphatic carbocycles. The van der Waals surface area contributed by atoms with Crippen molar-refractivity contribution in [1.29, 1.82) is 0 Å². The van der Waals surface area contributed by atoms with Gasteiger partial charge in [0.05, 0.1) is 5.75 Å². The molecular weight excluding hydrogens is 312 g/mol. The first-order valence-electron chi connectivity index (χ1n) is 7.14. The molecule has 1 aromatic heterocycles. The molecule has 2 aromatic rings. The number of aromatic amines is 1. The Hall–Kier alpha value is -2.28. The van der Waals surface area contributed by atoms with Crippen LogP contribution >= 0.6 is 11.8 Å². The molecule has 0 atom stereocenters. The largest absolute Gasteiger partial charge is 0.378 e. The van der Waals surface area contributed by atoms with Crippen molar-refractivity contribution in [3.63, 3.8) is 0 Å². The molecule has 7 heteroatoms. The van der Waals surface area contributed by atoms with Gasteiger partial charge in [0.1, 0.15) is 0 Å². The van der Waals surface area contributed by atoms with Crippen LogP contribution in [0.4, 0.5) is 5.69 Å². The second-order valence-electron chi connectivity index (χ2n) is 5.34. The minimum absolute atomic E-state index is 0.0156. The van der Waals surface area contributed by atoms with Crippen LogP contribution in [0.3, 0.4) is 0 Å². The van der Waals surface area contributed by atoms with Crippen molar-refractivity contribution in [3.05, 3.63) is 52.4 Å². The molecule has 0 radical (unpaired) electrons. The Balaban J connectivity index is 1.88. The molecule has 0 spiro atoms. The molecule has 2 rings (SSSR count). The van der Waals surface area contributed by atoms with E-state index in [0.717, 1.165) is 11.3 Å². The molecule has 0 saturated heterocycles. The van der Waals surface area contributed by atoms with E-state index < -0.39 is 0 Å². The summed E-state index contributed by atoms with van der Waals surface area (Å²) in [7, 11) is 5.75. The molecule has 23 heavy (non-hydrogen) atoms. The summed E-state index contributed by atoms with van der Waals surface area (Å²) >= 11 is 1.22. The lowest BCUT2D eigenvalue weighted by Crippen LogP contribution is -2.28. The molecule has 1 aromatic carbocycles. The van der Waals surface area contributed by atoms with E-state index in [0.29, 0.717) is 11.7 Å². The number of rotatable bonds is 6. The van der Waals surface area contributed by atoms with E-state index in [1.165, 1.54) is 24.0 Å². The van der Waals surface area contributed by atoms with Gasteiger partial charge in [0, 0.05) is 45.6 Å². The van der Waals surface area contributed by atoms with Crippen LogP contribution in [0.25, 0.3) is 0 Å². The summed E-state index contributed by atoms with van der Waals surface area (Å²) in [5, 5.41) is 0.453. The van der Waals surface area contributed by atoms with Crippen molar-refractivity contribution in [3.8, 4) is 0 Å². The maximum absolute atomic E-state index is 12.2. The average Bonchev–Trinajstić information content (AvgIpc) is 2.53. The third-order valence-corrected chi connectivity index (χ3v) is 4.15. The van der Waals surface area contributed by atoms with Gasteiger partial charge < -0.3 is 14.8 Å². The van der Waals surface area contributed by atoms with Gasteiger partial charge in [-0.1, -0.05) is 23.9 Å². The summed E-state index contributed by atoms with van der Waals surface area (Å²) in [6.45, 7) is 0.547. The van der Waals surface area contributed by atoms with Crippen LogP contribution in [0.1, 0.15) is 5.56 Å². The van der Waals surface area contributed by atoms with Crippen LogP contribution in [0.2, 0.25) is 0 Å². The average molecular weight is 332 g/mol. The Morgan fingerprint density at radius 2 is 1.87 bits per heavy atom. The SMILES string of the molecule is CN(Cc1ccc(N(C)C)cc1)C(=O)CSc1nccc(=O)[nH]1. The van der Waals surface area contributed by atoms with E-state index in [4.69, 9.17) is 0 Å². The van der Waals surface area contributed by atoms with Gasteiger partial charge in [0.25, 0.3) is 5.56 Å². The Bertz CT molecular complexity index is 713. The number of benzene rings is 1. The van der Waals surface area contributed by atoms with Gasteiger partial charge in [0.2, 0.25) is 5.91 Å².